The van der Waals surface area contributed by atoms with Crippen molar-refractivity contribution in [2.24, 2.45) is 11.7 Å². The maximum Gasteiger partial charge on any atom is 0.127 e. The fourth-order valence-corrected chi connectivity index (χ4v) is 2.71. The number of aryl methyl sites for hydroxylation is 1. The van der Waals surface area contributed by atoms with E-state index in [0.717, 1.165) is 48.7 Å². The van der Waals surface area contributed by atoms with Crippen LogP contribution < -0.4 is 15.2 Å². The molecule has 0 radical (unpaired) electrons. The summed E-state index contributed by atoms with van der Waals surface area (Å²) in [6.45, 7) is 3.60. The first kappa shape index (κ1) is 14.2. The van der Waals surface area contributed by atoms with E-state index in [1.807, 2.05) is 19.1 Å². The van der Waals surface area contributed by atoms with E-state index >= 15 is 0 Å². The third-order valence-electron chi connectivity index (χ3n) is 3.80. The van der Waals surface area contributed by atoms with Gasteiger partial charge in [-0.25, -0.2) is 0 Å². The minimum atomic E-state index is -0.0746. The summed E-state index contributed by atoms with van der Waals surface area (Å²) in [5, 5.41) is 0. The molecule has 1 aliphatic rings. The van der Waals surface area contributed by atoms with E-state index in [0.29, 0.717) is 5.92 Å². The van der Waals surface area contributed by atoms with Gasteiger partial charge in [-0.2, -0.15) is 0 Å². The molecule has 1 aromatic rings. The number of rotatable bonds is 4. The molecule has 4 nitrogen and oxygen atoms in total. The monoisotopic (exact) mass is 265 g/mol. The molecule has 0 bridgehead atoms. The fourth-order valence-electron chi connectivity index (χ4n) is 2.71. The molecule has 1 aliphatic heterocycles. The molecule has 1 fully saturated rings. The first-order valence-electron chi connectivity index (χ1n) is 6.73. The zero-order valence-corrected chi connectivity index (χ0v) is 11.9. The Balaban J connectivity index is 2.35. The first-order chi connectivity index (χ1) is 9.17. The summed E-state index contributed by atoms with van der Waals surface area (Å²) < 4.78 is 16.4. The highest BCUT2D eigenvalue weighted by Gasteiger charge is 2.27. The average Bonchev–Trinajstić information content (AvgIpc) is 2.46. The third-order valence-corrected chi connectivity index (χ3v) is 3.80. The van der Waals surface area contributed by atoms with Crippen molar-refractivity contribution in [2.75, 3.05) is 27.4 Å². The van der Waals surface area contributed by atoms with Gasteiger partial charge in [0.2, 0.25) is 0 Å². The van der Waals surface area contributed by atoms with Crippen LogP contribution in [0.4, 0.5) is 0 Å². The lowest BCUT2D eigenvalue weighted by molar-refractivity contribution is 0.0578. The van der Waals surface area contributed by atoms with Crippen LogP contribution in [0.3, 0.4) is 0 Å². The zero-order valence-electron chi connectivity index (χ0n) is 11.9. The second-order valence-electron chi connectivity index (χ2n) is 5.06. The largest absolute Gasteiger partial charge is 0.496 e. The molecule has 1 atom stereocenters. The Morgan fingerprint density at radius 3 is 2.16 bits per heavy atom. The zero-order chi connectivity index (χ0) is 13.8. The van der Waals surface area contributed by atoms with Crippen molar-refractivity contribution in [3.05, 3.63) is 23.3 Å². The highest BCUT2D eigenvalue weighted by molar-refractivity contribution is 5.49. The van der Waals surface area contributed by atoms with E-state index in [4.69, 9.17) is 19.9 Å². The summed E-state index contributed by atoms with van der Waals surface area (Å²) in [6.07, 6.45) is 1.97. The summed E-state index contributed by atoms with van der Waals surface area (Å²) in [5.74, 6) is 2.05. The molecule has 4 heteroatoms. The summed E-state index contributed by atoms with van der Waals surface area (Å²) in [6, 6.07) is 3.95. The van der Waals surface area contributed by atoms with Crippen LogP contribution in [-0.2, 0) is 4.74 Å². The van der Waals surface area contributed by atoms with Gasteiger partial charge in [0.25, 0.3) is 0 Å². The van der Waals surface area contributed by atoms with Gasteiger partial charge in [-0.15, -0.1) is 0 Å². The maximum absolute atomic E-state index is 6.46. The first-order valence-corrected chi connectivity index (χ1v) is 6.73. The molecule has 0 spiro atoms. The standard InChI is InChI=1S/C15H23NO3/c1-10-8-12(17-2)14(13(9-10)18-3)15(16)11-4-6-19-7-5-11/h8-9,11,15H,4-7,16H2,1-3H3/t15-/m0/s1. The summed E-state index contributed by atoms with van der Waals surface area (Å²) in [7, 11) is 3.35. The van der Waals surface area contributed by atoms with E-state index in [9.17, 15) is 0 Å². The molecule has 0 aromatic heterocycles. The average molecular weight is 265 g/mol. The molecule has 2 rings (SSSR count). The number of ether oxygens (including phenoxy) is 3. The van der Waals surface area contributed by atoms with Crippen molar-refractivity contribution >= 4 is 0 Å². The molecule has 1 heterocycles. The van der Waals surface area contributed by atoms with Gasteiger partial charge < -0.3 is 19.9 Å². The van der Waals surface area contributed by atoms with Gasteiger partial charge in [0.1, 0.15) is 11.5 Å². The van der Waals surface area contributed by atoms with Crippen LogP contribution in [0.15, 0.2) is 12.1 Å². The van der Waals surface area contributed by atoms with Crippen molar-refractivity contribution in [3.63, 3.8) is 0 Å². The Morgan fingerprint density at radius 2 is 1.68 bits per heavy atom. The highest BCUT2D eigenvalue weighted by atomic mass is 16.5. The highest BCUT2D eigenvalue weighted by Crippen LogP contribution is 2.39. The molecule has 0 unspecified atom stereocenters. The van der Waals surface area contributed by atoms with Crippen LogP contribution in [0, 0.1) is 12.8 Å². The van der Waals surface area contributed by atoms with Crippen molar-refractivity contribution in [1.82, 2.24) is 0 Å². The van der Waals surface area contributed by atoms with Crippen molar-refractivity contribution < 1.29 is 14.2 Å². The van der Waals surface area contributed by atoms with Gasteiger partial charge in [0.15, 0.2) is 0 Å². The van der Waals surface area contributed by atoms with E-state index < -0.39 is 0 Å². The Kier molecular flexibility index (Phi) is 4.66. The molecule has 2 N–H and O–H groups in total. The van der Waals surface area contributed by atoms with E-state index in [1.54, 1.807) is 14.2 Å². The quantitative estimate of drug-likeness (QED) is 0.908. The van der Waals surface area contributed by atoms with E-state index in [2.05, 4.69) is 0 Å². The Hall–Kier alpha value is -1.26. The molecule has 1 saturated heterocycles. The van der Waals surface area contributed by atoms with Crippen LogP contribution >= 0.6 is 0 Å². The van der Waals surface area contributed by atoms with Gasteiger partial charge >= 0.3 is 0 Å². The van der Waals surface area contributed by atoms with Gasteiger partial charge in [-0.3, -0.25) is 0 Å². The summed E-state index contributed by atoms with van der Waals surface area (Å²) >= 11 is 0. The van der Waals surface area contributed by atoms with Crippen molar-refractivity contribution in [1.29, 1.82) is 0 Å². The number of hydrogen-bond donors (Lipinski definition) is 1. The lowest BCUT2D eigenvalue weighted by Crippen LogP contribution is -2.28. The van der Waals surface area contributed by atoms with Crippen LogP contribution in [0.2, 0.25) is 0 Å². The molecular weight excluding hydrogens is 242 g/mol. The third kappa shape index (κ3) is 3.01. The predicted molar refractivity (Wildman–Crippen MR) is 74.8 cm³/mol. The smallest absolute Gasteiger partial charge is 0.127 e. The van der Waals surface area contributed by atoms with Crippen molar-refractivity contribution in [2.45, 2.75) is 25.8 Å². The number of nitrogens with two attached hydrogens (primary N) is 1. The lowest BCUT2D eigenvalue weighted by Gasteiger charge is -2.29. The lowest BCUT2D eigenvalue weighted by atomic mass is 9.86. The van der Waals surface area contributed by atoms with Gasteiger partial charge in [0, 0.05) is 19.3 Å². The summed E-state index contributed by atoms with van der Waals surface area (Å²) in [4.78, 5) is 0. The minimum absolute atomic E-state index is 0.0746. The SMILES string of the molecule is COc1cc(C)cc(OC)c1[C@@H](N)C1CCOCC1. The van der Waals surface area contributed by atoms with Crippen LogP contribution in [0.1, 0.15) is 30.0 Å². The minimum Gasteiger partial charge on any atom is -0.496 e. The predicted octanol–water partition coefficient (Wildman–Crippen LogP) is 2.44. The summed E-state index contributed by atoms with van der Waals surface area (Å²) in [5.41, 5.74) is 8.54. The van der Waals surface area contributed by atoms with Crippen LogP contribution in [0.25, 0.3) is 0 Å². The molecule has 19 heavy (non-hydrogen) atoms. The maximum atomic E-state index is 6.46. The van der Waals surface area contributed by atoms with Crippen LogP contribution in [0.5, 0.6) is 11.5 Å². The molecular formula is C15H23NO3. The second-order valence-corrected chi connectivity index (χ2v) is 5.06. The Bertz CT molecular complexity index is 402. The molecule has 1 aromatic carbocycles. The molecule has 106 valence electrons. The normalized spacial score (nSPS) is 18.1. The number of methoxy groups -OCH3 is 2. The topological polar surface area (TPSA) is 53.7 Å². The molecule has 0 amide bonds. The molecule has 0 saturated carbocycles. The van der Waals surface area contributed by atoms with Gasteiger partial charge in [-0.1, -0.05) is 0 Å². The number of benzene rings is 1. The van der Waals surface area contributed by atoms with Gasteiger partial charge in [-0.05, 0) is 43.4 Å². The van der Waals surface area contributed by atoms with Crippen molar-refractivity contribution in [3.8, 4) is 11.5 Å². The van der Waals surface area contributed by atoms with Crippen LogP contribution in [-0.4, -0.2) is 27.4 Å². The molecule has 0 aliphatic carbocycles. The fraction of sp³-hybridized carbons (Fsp3) is 0.600. The van der Waals surface area contributed by atoms with E-state index in [1.165, 1.54) is 0 Å². The second kappa shape index (κ2) is 6.26. The van der Waals surface area contributed by atoms with Gasteiger partial charge in [0.05, 0.1) is 19.8 Å². The van der Waals surface area contributed by atoms with E-state index in [-0.39, 0.29) is 6.04 Å². The number of hydrogen-bond acceptors (Lipinski definition) is 4. The Morgan fingerprint density at radius 1 is 1.16 bits per heavy atom. The Labute approximate surface area is 114 Å².